The monoisotopic (exact) mass is 237 g/mol. The van der Waals surface area contributed by atoms with Crippen molar-refractivity contribution >= 4 is 11.3 Å². The molecule has 2 rings (SSSR count). The molecule has 0 bridgehead atoms. The molecular formula is C14H23NS. The molecule has 1 unspecified atom stereocenters. The first kappa shape index (κ1) is 12.1. The molecule has 1 atom stereocenters. The first-order chi connectivity index (χ1) is 7.73. The largest absolute Gasteiger partial charge is 0.309 e. The second kappa shape index (κ2) is 5.33. The van der Waals surface area contributed by atoms with E-state index in [2.05, 4.69) is 36.7 Å². The van der Waals surface area contributed by atoms with Gasteiger partial charge in [-0.3, -0.25) is 0 Å². The van der Waals surface area contributed by atoms with Gasteiger partial charge in [-0.1, -0.05) is 32.8 Å². The zero-order valence-corrected chi connectivity index (χ0v) is 11.3. The molecule has 0 amide bonds. The van der Waals surface area contributed by atoms with Gasteiger partial charge in [-0.2, -0.15) is 0 Å². The molecule has 16 heavy (non-hydrogen) atoms. The molecule has 1 aliphatic carbocycles. The predicted octanol–water partition coefficient (Wildman–Crippen LogP) is 4.37. The molecule has 1 nitrogen and oxygen atoms in total. The van der Waals surface area contributed by atoms with Gasteiger partial charge in [-0.05, 0) is 36.1 Å². The van der Waals surface area contributed by atoms with Gasteiger partial charge in [-0.25, -0.2) is 0 Å². The van der Waals surface area contributed by atoms with Crippen molar-refractivity contribution < 1.29 is 0 Å². The topological polar surface area (TPSA) is 12.0 Å². The van der Waals surface area contributed by atoms with Gasteiger partial charge in [0, 0.05) is 17.5 Å². The Morgan fingerprint density at radius 2 is 2.19 bits per heavy atom. The Bertz CT molecular complexity index is 299. The third-order valence-corrected chi connectivity index (χ3v) is 4.87. The minimum atomic E-state index is 0.560. The van der Waals surface area contributed by atoms with Crippen LogP contribution in [0.4, 0.5) is 0 Å². The molecule has 0 aromatic carbocycles. The highest BCUT2D eigenvalue weighted by atomic mass is 32.1. The van der Waals surface area contributed by atoms with Gasteiger partial charge in [0.05, 0.1) is 0 Å². The maximum absolute atomic E-state index is 3.76. The van der Waals surface area contributed by atoms with E-state index < -0.39 is 0 Å². The Hall–Kier alpha value is -0.340. The number of nitrogens with one attached hydrogen (secondary N) is 1. The highest BCUT2D eigenvalue weighted by Gasteiger charge is 2.29. The van der Waals surface area contributed by atoms with Crippen LogP contribution in [0.5, 0.6) is 0 Å². The second-order valence-corrected chi connectivity index (χ2v) is 6.35. The Balaban J connectivity index is 1.88. The second-order valence-electron chi connectivity index (χ2n) is 5.37. The SMILES string of the molecule is CCC(NCC1(C)CCCC1)c1cccs1. The maximum atomic E-state index is 3.76. The summed E-state index contributed by atoms with van der Waals surface area (Å²) in [6, 6.07) is 4.97. The van der Waals surface area contributed by atoms with Gasteiger partial charge in [-0.15, -0.1) is 11.3 Å². The lowest BCUT2D eigenvalue weighted by Gasteiger charge is -2.27. The fourth-order valence-electron chi connectivity index (χ4n) is 2.71. The fourth-order valence-corrected chi connectivity index (χ4v) is 3.60. The van der Waals surface area contributed by atoms with Gasteiger partial charge in [0.15, 0.2) is 0 Å². The third kappa shape index (κ3) is 2.86. The van der Waals surface area contributed by atoms with Gasteiger partial charge in [0.1, 0.15) is 0 Å². The van der Waals surface area contributed by atoms with Crippen molar-refractivity contribution in [3.63, 3.8) is 0 Å². The van der Waals surface area contributed by atoms with E-state index in [1.54, 1.807) is 0 Å². The summed E-state index contributed by atoms with van der Waals surface area (Å²) in [4.78, 5) is 1.49. The van der Waals surface area contributed by atoms with Crippen molar-refractivity contribution in [3.8, 4) is 0 Å². The van der Waals surface area contributed by atoms with Crippen molar-refractivity contribution in [1.29, 1.82) is 0 Å². The van der Waals surface area contributed by atoms with E-state index in [0.29, 0.717) is 11.5 Å². The van der Waals surface area contributed by atoms with Crippen LogP contribution in [-0.2, 0) is 0 Å². The summed E-state index contributed by atoms with van der Waals surface area (Å²) in [5, 5.41) is 5.94. The first-order valence-corrected chi connectivity index (χ1v) is 7.38. The lowest BCUT2D eigenvalue weighted by Crippen LogP contribution is -2.32. The van der Waals surface area contributed by atoms with E-state index in [-0.39, 0.29) is 0 Å². The van der Waals surface area contributed by atoms with Gasteiger partial charge in [0.25, 0.3) is 0 Å². The molecule has 1 aromatic rings. The van der Waals surface area contributed by atoms with Crippen LogP contribution in [-0.4, -0.2) is 6.54 Å². The van der Waals surface area contributed by atoms with E-state index >= 15 is 0 Å². The number of hydrogen-bond acceptors (Lipinski definition) is 2. The van der Waals surface area contributed by atoms with Crippen LogP contribution in [0.3, 0.4) is 0 Å². The molecular weight excluding hydrogens is 214 g/mol. The van der Waals surface area contributed by atoms with Crippen LogP contribution in [0.2, 0.25) is 0 Å². The van der Waals surface area contributed by atoms with E-state index in [4.69, 9.17) is 0 Å². The molecule has 1 aliphatic rings. The van der Waals surface area contributed by atoms with Crippen LogP contribution in [0, 0.1) is 5.41 Å². The molecule has 0 radical (unpaired) electrons. The minimum Gasteiger partial charge on any atom is -0.309 e. The van der Waals surface area contributed by atoms with Crippen molar-refractivity contribution in [2.45, 2.75) is 52.0 Å². The summed E-state index contributed by atoms with van der Waals surface area (Å²) in [6.07, 6.45) is 6.85. The van der Waals surface area contributed by atoms with Crippen molar-refractivity contribution in [3.05, 3.63) is 22.4 Å². The van der Waals surface area contributed by atoms with Crippen LogP contribution < -0.4 is 5.32 Å². The molecule has 1 saturated carbocycles. The van der Waals surface area contributed by atoms with E-state index in [1.165, 1.54) is 43.5 Å². The fraction of sp³-hybridized carbons (Fsp3) is 0.714. The summed E-state index contributed by atoms with van der Waals surface area (Å²) < 4.78 is 0. The maximum Gasteiger partial charge on any atom is 0.0412 e. The zero-order chi connectivity index (χ0) is 11.4. The quantitative estimate of drug-likeness (QED) is 0.802. The number of rotatable bonds is 5. The van der Waals surface area contributed by atoms with Crippen LogP contribution in [0.15, 0.2) is 17.5 Å². The Labute approximate surface area is 103 Å². The van der Waals surface area contributed by atoms with E-state index in [0.717, 1.165) is 0 Å². The van der Waals surface area contributed by atoms with E-state index in [9.17, 15) is 0 Å². The molecule has 1 N–H and O–H groups in total. The molecule has 0 spiro atoms. The molecule has 1 heterocycles. The predicted molar refractivity (Wildman–Crippen MR) is 71.9 cm³/mol. The smallest absolute Gasteiger partial charge is 0.0412 e. The average molecular weight is 237 g/mol. The summed E-state index contributed by atoms with van der Waals surface area (Å²) in [6.45, 7) is 5.89. The first-order valence-electron chi connectivity index (χ1n) is 6.50. The highest BCUT2D eigenvalue weighted by Crippen LogP contribution is 2.37. The average Bonchev–Trinajstić information content (AvgIpc) is 2.91. The molecule has 1 fully saturated rings. The summed E-state index contributed by atoms with van der Waals surface area (Å²) in [5.74, 6) is 0. The summed E-state index contributed by atoms with van der Waals surface area (Å²) in [7, 11) is 0. The minimum absolute atomic E-state index is 0.560. The molecule has 0 saturated heterocycles. The number of thiophene rings is 1. The highest BCUT2D eigenvalue weighted by molar-refractivity contribution is 7.10. The van der Waals surface area contributed by atoms with Crippen LogP contribution in [0.25, 0.3) is 0 Å². The zero-order valence-electron chi connectivity index (χ0n) is 10.5. The normalized spacial score (nSPS) is 21.1. The van der Waals surface area contributed by atoms with Crippen molar-refractivity contribution in [2.75, 3.05) is 6.54 Å². The Morgan fingerprint density at radius 1 is 1.44 bits per heavy atom. The molecule has 90 valence electrons. The lowest BCUT2D eigenvalue weighted by atomic mass is 9.88. The van der Waals surface area contributed by atoms with Crippen LogP contribution in [0.1, 0.15) is 56.9 Å². The Kier molecular flexibility index (Phi) is 4.04. The van der Waals surface area contributed by atoms with Gasteiger partial charge in [0.2, 0.25) is 0 Å². The summed E-state index contributed by atoms with van der Waals surface area (Å²) in [5.41, 5.74) is 0.560. The van der Waals surface area contributed by atoms with Gasteiger partial charge >= 0.3 is 0 Å². The van der Waals surface area contributed by atoms with Crippen molar-refractivity contribution in [1.82, 2.24) is 5.32 Å². The number of hydrogen-bond donors (Lipinski definition) is 1. The molecule has 0 aliphatic heterocycles. The molecule has 1 aromatic heterocycles. The molecule has 2 heteroatoms. The van der Waals surface area contributed by atoms with Crippen LogP contribution >= 0.6 is 11.3 Å². The lowest BCUT2D eigenvalue weighted by molar-refractivity contribution is 0.296. The van der Waals surface area contributed by atoms with Gasteiger partial charge < -0.3 is 5.32 Å². The van der Waals surface area contributed by atoms with Crippen molar-refractivity contribution in [2.24, 2.45) is 5.41 Å². The Morgan fingerprint density at radius 3 is 2.75 bits per heavy atom. The third-order valence-electron chi connectivity index (χ3n) is 3.88. The standard InChI is InChI=1S/C14H23NS/c1-3-12(13-7-6-10-16-13)15-11-14(2)8-4-5-9-14/h6-7,10,12,15H,3-5,8-9,11H2,1-2H3. The summed E-state index contributed by atoms with van der Waals surface area (Å²) >= 11 is 1.87. The van der Waals surface area contributed by atoms with E-state index in [1.807, 2.05) is 11.3 Å².